The van der Waals surface area contributed by atoms with E-state index in [4.69, 9.17) is 0 Å². The molecule has 23 heavy (non-hydrogen) atoms. The molecule has 2 rings (SSSR count). The van der Waals surface area contributed by atoms with Gasteiger partial charge in [-0.3, -0.25) is 4.79 Å². The van der Waals surface area contributed by atoms with Crippen molar-refractivity contribution in [2.45, 2.75) is 32.7 Å². The number of rotatable bonds is 9. The molecule has 0 radical (unpaired) electrons. The molecule has 1 aliphatic heterocycles. The average molecular weight is 317 g/mol. The Bertz CT molecular complexity index is 466. The Kier molecular flexibility index (Phi) is 7.72. The number of hydrogen-bond acceptors (Lipinski definition) is 4. The molecule has 0 bridgehead atoms. The number of Topliss-reactive ketones (excluding diaryl/α,β-unsaturated/α-hetero) is 1. The van der Waals surface area contributed by atoms with E-state index in [9.17, 15) is 4.79 Å². The lowest BCUT2D eigenvalue weighted by atomic mass is 10.1. The molecule has 1 heterocycles. The van der Waals surface area contributed by atoms with E-state index < -0.39 is 0 Å². The zero-order chi connectivity index (χ0) is 16.5. The molecule has 0 saturated carbocycles. The SMILES string of the molecule is CCN(C)Cc1ccc(C(=O)CNCCN2CCCCC2)cc1. The van der Waals surface area contributed by atoms with Crippen molar-refractivity contribution < 1.29 is 4.79 Å². The third-order valence-electron chi connectivity index (χ3n) is 4.61. The standard InChI is InChI=1S/C19H31N3O/c1-3-21(2)16-17-7-9-18(10-8-17)19(23)15-20-11-14-22-12-5-4-6-13-22/h7-10,20H,3-6,11-16H2,1-2H3. The maximum Gasteiger partial charge on any atom is 0.176 e. The van der Waals surface area contributed by atoms with Crippen molar-refractivity contribution in [1.82, 2.24) is 15.1 Å². The van der Waals surface area contributed by atoms with E-state index in [-0.39, 0.29) is 5.78 Å². The van der Waals surface area contributed by atoms with Gasteiger partial charge in [-0.1, -0.05) is 37.6 Å². The lowest BCUT2D eigenvalue weighted by Crippen LogP contribution is -2.37. The zero-order valence-corrected chi connectivity index (χ0v) is 14.7. The number of likely N-dealkylation sites (tertiary alicyclic amines) is 1. The van der Waals surface area contributed by atoms with Crippen LogP contribution < -0.4 is 5.32 Å². The first-order valence-corrected chi connectivity index (χ1v) is 8.93. The molecule has 4 nitrogen and oxygen atoms in total. The molecule has 1 fully saturated rings. The molecular formula is C19H31N3O. The van der Waals surface area contributed by atoms with Gasteiger partial charge in [-0.25, -0.2) is 0 Å². The van der Waals surface area contributed by atoms with Gasteiger partial charge in [0.2, 0.25) is 0 Å². The van der Waals surface area contributed by atoms with Crippen LogP contribution >= 0.6 is 0 Å². The van der Waals surface area contributed by atoms with Gasteiger partial charge >= 0.3 is 0 Å². The van der Waals surface area contributed by atoms with Gasteiger partial charge in [0.05, 0.1) is 6.54 Å². The van der Waals surface area contributed by atoms with Gasteiger partial charge in [-0.15, -0.1) is 0 Å². The van der Waals surface area contributed by atoms with Crippen LogP contribution in [-0.2, 0) is 6.54 Å². The fourth-order valence-corrected chi connectivity index (χ4v) is 2.94. The number of nitrogens with one attached hydrogen (secondary N) is 1. The van der Waals surface area contributed by atoms with Crippen LogP contribution in [0.15, 0.2) is 24.3 Å². The Morgan fingerprint density at radius 2 is 1.87 bits per heavy atom. The van der Waals surface area contributed by atoms with Gasteiger partial charge in [-0.2, -0.15) is 0 Å². The number of hydrogen-bond donors (Lipinski definition) is 1. The highest BCUT2D eigenvalue weighted by molar-refractivity contribution is 5.97. The van der Waals surface area contributed by atoms with Crippen molar-refractivity contribution in [2.75, 3.05) is 46.3 Å². The number of piperidine rings is 1. The van der Waals surface area contributed by atoms with Crippen molar-refractivity contribution in [2.24, 2.45) is 0 Å². The Labute approximate surface area is 140 Å². The number of nitrogens with zero attached hydrogens (tertiary/aromatic N) is 2. The first-order valence-electron chi connectivity index (χ1n) is 8.93. The second-order valence-electron chi connectivity index (χ2n) is 6.53. The summed E-state index contributed by atoms with van der Waals surface area (Å²) in [5.74, 6) is 0.180. The minimum absolute atomic E-state index is 0.180. The summed E-state index contributed by atoms with van der Waals surface area (Å²) in [6.45, 7) is 8.91. The third kappa shape index (κ3) is 6.42. The van der Waals surface area contributed by atoms with E-state index >= 15 is 0 Å². The fourth-order valence-electron chi connectivity index (χ4n) is 2.94. The molecule has 1 saturated heterocycles. The molecule has 0 atom stereocenters. The smallest absolute Gasteiger partial charge is 0.176 e. The van der Waals surface area contributed by atoms with Gasteiger partial charge in [-0.05, 0) is 45.1 Å². The minimum Gasteiger partial charge on any atom is -0.308 e. The molecule has 4 heteroatoms. The van der Waals surface area contributed by atoms with Crippen LogP contribution in [0.25, 0.3) is 0 Å². The predicted octanol–water partition coefficient (Wildman–Crippen LogP) is 2.40. The Hall–Kier alpha value is -1.23. The summed E-state index contributed by atoms with van der Waals surface area (Å²) in [6, 6.07) is 8.03. The summed E-state index contributed by atoms with van der Waals surface area (Å²) in [5, 5.41) is 3.29. The number of carbonyl (C=O) groups is 1. The number of carbonyl (C=O) groups excluding carboxylic acids is 1. The maximum atomic E-state index is 12.2. The van der Waals surface area contributed by atoms with Crippen molar-refractivity contribution in [3.63, 3.8) is 0 Å². The van der Waals surface area contributed by atoms with E-state index in [1.807, 2.05) is 12.1 Å². The van der Waals surface area contributed by atoms with Crippen molar-refractivity contribution in [3.05, 3.63) is 35.4 Å². The summed E-state index contributed by atoms with van der Waals surface area (Å²) in [6.07, 6.45) is 4.00. The van der Waals surface area contributed by atoms with E-state index in [0.29, 0.717) is 6.54 Å². The molecule has 0 unspecified atom stereocenters. The molecule has 128 valence electrons. The minimum atomic E-state index is 0.180. The average Bonchev–Trinajstić information content (AvgIpc) is 2.60. The third-order valence-corrected chi connectivity index (χ3v) is 4.61. The van der Waals surface area contributed by atoms with Crippen LogP contribution in [0.1, 0.15) is 42.1 Å². The summed E-state index contributed by atoms with van der Waals surface area (Å²) >= 11 is 0. The summed E-state index contributed by atoms with van der Waals surface area (Å²) in [4.78, 5) is 16.9. The van der Waals surface area contributed by atoms with Gasteiger partial charge in [0, 0.05) is 25.2 Å². The second-order valence-corrected chi connectivity index (χ2v) is 6.53. The van der Waals surface area contributed by atoms with Crippen molar-refractivity contribution >= 4 is 5.78 Å². The molecular weight excluding hydrogens is 286 g/mol. The van der Waals surface area contributed by atoms with Crippen LogP contribution in [0.2, 0.25) is 0 Å². The van der Waals surface area contributed by atoms with Crippen LogP contribution in [0.4, 0.5) is 0 Å². The lowest BCUT2D eigenvalue weighted by molar-refractivity contribution is 0.0989. The van der Waals surface area contributed by atoms with E-state index in [1.54, 1.807) is 0 Å². The van der Waals surface area contributed by atoms with Crippen LogP contribution in [0.5, 0.6) is 0 Å². The van der Waals surface area contributed by atoms with Crippen molar-refractivity contribution in [3.8, 4) is 0 Å². The summed E-state index contributed by atoms with van der Waals surface area (Å²) in [7, 11) is 2.10. The first-order chi connectivity index (χ1) is 11.2. The zero-order valence-electron chi connectivity index (χ0n) is 14.7. The molecule has 0 aliphatic carbocycles. The summed E-state index contributed by atoms with van der Waals surface area (Å²) < 4.78 is 0. The van der Waals surface area contributed by atoms with Gasteiger partial charge < -0.3 is 15.1 Å². The second kappa shape index (κ2) is 9.81. The van der Waals surface area contributed by atoms with E-state index in [1.165, 1.54) is 37.9 Å². The summed E-state index contributed by atoms with van der Waals surface area (Å²) in [5.41, 5.74) is 2.06. The molecule has 1 aromatic rings. The van der Waals surface area contributed by atoms with Crippen LogP contribution in [-0.4, -0.2) is 61.9 Å². The van der Waals surface area contributed by atoms with E-state index in [2.05, 4.69) is 41.2 Å². The fraction of sp³-hybridized carbons (Fsp3) is 0.632. The van der Waals surface area contributed by atoms with Crippen LogP contribution in [0, 0.1) is 0 Å². The normalized spacial score (nSPS) is 16.0. The molecule has 0 amide bonds. The highest BCUT2D eigenvalue weighted by atomic mass is 16.1. The highest BCUT2D eigenvalue weighted by Gasteiger charge is 2.10. The quantitative estimate of drug-likeness (QED) is 0.560. The van der Waals surface area contributed by atoms with Gasteiger partial charge in [0.25, 0.3) is 0 Å². The Morgan fingerprint density at radius 3 is 2.52 bits per heavy atom. The topological polar surface area (TPSA) is 35.6 Å². The molecule has 1 N–H and O–H groups in total. The Morgan fingerprint density at radius 1 is 1.17 bits per heavy atom. The van der Waals surface area contributed by atoms with Crippen molar-refractivity contribution in [1.29, 1.82) is 0 Å². The predicted molar refractivity (Wildman–Crippen MR) is 95.9 cm³/mol. The number of ketones is 1. The monoisotopic (exact) mass is 317 g/mol. The molecule has 1 aliphatic rings. The number of benzene rings is 1. The Balaban J connectivity index is 1.68. The molecule has 0 aromatic heterocycles. The van der Waals surface area contributed by atoms with Gasteiger partial charge in [0.15, 0.2) is 5.78 Å². The maximum absolute atomic E-state index is 12.2. The molecule has 1 aromatic carbocycles. The lowest BCUT2D eigenvalue weighted by Gasteiger charge is -2.26. The first kappa shape index (κ1) is 18.1. The largest absolute Gasteiger partial charge is 0.308 e. The highest BCUT2D eigenvalue weighted by Crippen LogP contribution is 2.08. The molecule has 0 spiro atoms. The van der Waals surface area contributed by atoms with Gasteiger partial charge in [0.1, 0.15) is 0 Å². The van der Waals surface area contributed by atoms with E-state index in [0.717, 1.165) is 31.7 Å². The van der Waals surface area contributed by atoms with Crippen LogP contribution in [0.3, 0.4) is 0 Å².